The van der Waals surface area contributed by atoms with Crippen LogP contribution in [0.4, 0.5) is 0 Å². The molecule has 8 rings (SSSR count). The van der Waals surface area contributed by atoms with Crippen molar-refractivity contribution in [1.82, 2.24) is 25.2 Å². The molecule has 0 saturated carbocycles. The first-order valence-corrected chi connectivity index (χ1v) is 17.1. The number of ether oxygens (including phenoxy) is 2. The van der Waals surface area contributed by atoms with E-state index in [0.717, 1.165) is 74.5 Å². The first-order valence-electron chi connectivity index (χ1n) is 17.1. The third-order valence-corrected chi connectivity index (χ3v) is 9.43. The van der Waals surface area contributed by atoms with Gasteiger partial charge in [-0.15, -0.1) is 15.0 Å². The van der Waals surface area contributed by atoms with Crippen LogP contribution in [-0.4, -0.2) is 31.8 Å². The topological polar surface area (TPSA) is 75.0 Å². The average Bonchev–Trinajstić information content (AvgIpc) is 3.69. The number of benzene rings is 5. The molecule has 5 aromatic carbocycles. The smallest absolute Gasteiger partial charge is 0.205 e. The molecule has 2 aromatic heterocycles. The van der Waals surface area contributed by atoms with Gasteiger partial charge in [0.2, 0.25) is 5.82 Å². The second-order valence-electron chi connectivity index (χ2n) is 12.4. The molecule has 0 amide bonds. The molecule has 0 N–H and O–H groups in total. The summed E-state index contributed by atoms with van der Waals surface area (Å²) in [6, 6.07) is 50.0. The van der Waals surface area contributed by atoms with Crippen LogP contribution in [0.15, 0.2) is 146 Å². The Balaban J connectivity index is 1.13. The van der Waals surface area contributed by atoms with Gasteiger partial charge in [0.1, 0.15) is 12.4 Å². The van der Waals surface area contributed by atoms with E-state index in [2.05, 4.69) is 122 Å². The molecule has 0 spiro atoms. The van der Waals surface area contributed by atoms with Gasteiger partial charge in [0.05, 0.1) is 18.9 Å². The molecule has 50 heavy (non-hydrogen) atoms. The Morgan fingerprint density at radius 3 is 1.94 bits per heavy atom. The molecule has 3 heterocycles. The molecule has 0 aliphatic carbocycles. The number of aromatic nitrogens is 5. The Morgan fingerprint density at radius 1 is 0.720 bits per heavy atom. The molecule has 0 saturated heterocycles. The zero-order valence-electron chi connectivity index (χ0n) is 27.9. The zero-order chi connectivity index (χ0) is 33.8. The van der Waals surface area contributed by atoms with Crippen LogP contribution in [0.2, 0.25) is 0 Å². The summed E-state index contributed by atoms with van der Waals surface area (Å²) in [5.41, 5.74) is 9.55. The van der Waals surface area contributed by atoms with Gasteiger partial charge in [-0.3, -0.25) is 4.98 Å². The maximum absolute atomic E-state index is 6.36. The van der Waals surface area contributed by atoms with Crippen LogP contribution in [0.25, 0.3) is 22.5 Å². The highest BCUT2D eigenvalue weighted by molar-refractivity contribution is 5.80. The molecular weight excluding hydrogens is 619 g/mol. The summed E-state index contributed by atoms with van der Waals surface area (Å²) in [5.74, 6) is 1.42. The summed E-state index contributed by atoms with van der Waals surface area (Å²) < 4.78 is 12.1. The van der Waals surface area contributed by atoms with Crippen molar-refractivity contribution in [3.05, 3.63) is 185 Å². The minimum Gasteiger partial charge on any atom is -0.488 e. The fraction of sp³-hybridized carbons (Fsp3) is 0.163. The van der Waals surface area contributed by atoms with E-state index in [1.807, 2.05) is 30.3 Å². The molecule has 0 atom stereocenters. The number of hydrogen-bond donors (Lipinski definition) is 0. The summed E-state index contributed by atoms with van der Waals surface area (Å²) in [4.78, 5) is 6.58. The van der Waals surface area contributed by atoms with Crippen LogP contribution in [0.1, 0.15) is 46.1 Å². The molecule has 7 aromatic rings. The van der Waals surface area contributed by atoms with Crippen LogP contribution < -0.4 is 4.74 Å². The molecule has 1 aliphatic heterocycles. The second-order valence-corrected chi connectivity index (χ2v) is 12.4. The number of aryl methyl sites for hydroxylation is 1. The number of fused-ring (bicyclic) bond motifs is 1. The van der Waals surface area contributed by atoms with Crippen molar-refractivity contribution < 1.29 is 9.47 Å². The third-order valence-electron chi connectivity index (χ3n) is 9.43. The number of nitrogens with zero attached hydrogens (tertiary/aromatic N) is 5. The second kappa shape index (κ2) is 13.9. The van der Waals surface area contributed by atoms with E-state index in [1.165, 1.54) is 0 Å². The number of tetrazole rings is 1. The monoisotopic (exact) mass is 655 g/mol. The lowest BCUT2D eigenvalue weighted by molar-refractivity contribution is 0.105. The number of hydrogen-bond acceptors (Lipinski definition) is 6. The summed E-state index contributed by atoms with van der Waals surface area (Å²) in [7, 11) is 0. The van der Waals surface area contributed by atoms with Crippen molar-refractivity contribution >= 4 is 0 Å². The molecule has 0 unspecified atom stereocenters. The highest BCUT2D eigenvalue weighted by Crippen LogP contribution is 2.40. The Kier molecular flexibility index (Phi) is 8.72. The maximum Gasteiger partial charge on any atom is 0.205 e. The van der Waals surface area contributed by atoms with Crippen LogP contribution >= 0.6 is 0 Å². The molecule has 7 nitrogen and oxygen atoms in total. The maximum atomic E-state index is 6.36. The minimum atomic E-state index is -0.844. The van der Waals surface area contributed by atoms with Gasteiger partial charge in [-0.25, -0.2) is 0 Å². The van der Waals surface area contributed by atoms with Crippen molar-refractivity contribution in [3.63, 3.8) is 0 Å². The predicted molar refractivity (Wildman–Crippen MR) is 195 cm³/mol. The lowest BCUT2D eigenvalue weighted by atomic mass is 9.77. The highest BCUT2D eigenvalue weighted by atomic mass is 16.5. The Bertz CT molecular complexity index is 2100. The predicted octanol–water partition coefficient (Wildman–Crippen LogP) is 8.46. The van der Waals surface area contributed by atoms with E-state index in [9.17, 15) is 0 Å². The molecule has 0 radical (unpaired) electrons. The molecule has 246 valence electrons. The molecule has 1 aliphatic rings. The van der Waals surface area contributed by atoms with Crippen molar-refractivity contribution in [2.75, 3.05) is 6.61 Å². The highest BCUT2D eigenvalue weighted by Gasteiger charge is 2.41. The Hall–Kier alpha value is -5.92. The number of rotatable bonds is 10. The minimum absolute atomic E-state index is 0.456. The molecule has 0 bridgehead atoms. The Morgan fingerprint density at radius 2 is 1.32 bits per heavy atom. The summed E-state index contributed by atoms with van der Waals surface area (Å²) in [5, 5.41) is 14.6. The standard InChI is InChI=1S/C43H37N5O2/c1-2-36-28-41(39-30-49-27-26-40(39)44-36)50-29-31-22-24-32(25-23-31)37-20-12-13-21-38(37)42-45-47-48(46-42)43(33-14-6-3-7-15-33,34-16-8-4-9-17-34)35-18-10-5-11-19-35/h3-25,28H,2,26-27,29-30H2,1H3. The van der Waals surface area contributed by atoms with E-state index in [4.69, 9.17) is 29.9 Å². The van der Waals surface area contributed by atoms with Gasteiger partial charge in [0.15, 0.2) is 5.54 Å². The number of pyridine rings is 1. The summed E-state index contributed by atoms with van der Waals surface area (Å²) in [6.45, 7) is 3.82. The lowest BCUT2D eigenvalue weighted by Crippen LogP contribution is -2.39. The van der Waals surface area contributed by atoms with Crippen molar-refractivity contribution in [3.8, 4) is 28.3 Å². The third kappa shape index (κ3) is 5.86. The average molecular weight is 656 g/mol. The fourth-order valence-corrected chi connectivity index (χ4v) is 6.89. The molecule has 7 heteroatoms. The van der Waals surface area contributed by atoms with E-state index in [1.54, 1.807) is 4.80 Å². The largest absolute Gasteiger partial charge is 0.488 e. The summed E-state index contributed by atoms with van der Waals surface area (Å²) >= 11 is 0. The first kappa shape index (κ1) is 31.4. The van der Waals surface area contributed by atoms with Crippen molar-refractivity contribution in [2.45, 2.75) is 38.5 Å². The van der Waals surface area contributed by atoms with E-state index in [-0.39, 0.29) is 0 Å². The fourth-order valence-electron chi connectivity index (χ4n) is 6.89. The van der Waals surface area contributed by atoms with Gasteiger partial charge < -0.3 is 9.47 Å². The lowest BCUT2D eigenvalue weighted by Gasteiger charge is -2.34. The van der Waals surface area contributed by atoms with Crippen molar-refractivity contribution in [1.29, 1.82) is 0 Å². The van der Waals surface area contributed by atoms with Crippen LogP contribution in [0.3, 0.4) is 0 Å². The molecular formula is C43H37N5O2. The van der Waals surface area contributed by atoms with Gasteiger partial charge >= 0.3 is 0 Å². The quantitative estimate of drug-likeness (QED) is 0.138. The van der Waals surface area contributed by atoms with Gasteiger partial charge in [0, 0.05) is 29.3 Å². The Labute approximate surface area is 292 Å². The van der Waals surface area contributed by atoms with Gasteiger partial charge in [0.25, 0.3) is 0 Å². The van der Waals surface area contributed by atoms with Gasteiger partial charge in [-0.2, -0.15) is 0 Å². The summed E-state index contributed by atoms with van der Waals surface area (Å²) in [6.07, 6.45) is 1.69. The first-order chi connectivity index (χ1) is 24.7. The molecule has 0 fully saturated rings. The zero-order valence-corrected chi connectivity index (χ0v) is 27.9. The van der Waals surface area contributed by atoms with E-state index in [0.29, 0.717) is 25.6 Å². The van der Waals surface area contributed by atoms with E-state index >= 15 is 0 Å². The normalized spacial score (nSPS) is 12.7. The van der Waals surface area contributed by atoms with Crippen molar-refractivity contribution in [2.24, 2.45) is 0 Å². The van der Waals surface area contributed by atoms with Crippen LogP contribution in [0, 0.1) is 0 Å². The van der Waals surface area contributed by atoms with Gasteiger partial charge in [-0.05, 0) is 45.0 Å². The van der Waals surface area contributed by atoms with E-state index < -0.39 is 5.54 Å². The van der Waals surface area contributed by atoms with Gasteiger partial charge in [-0.1, -0.05) is 146 Å². The van der Waals surface area contributed by atoms with Crippen LogP contribution in [-0.2, 0) is 36.3 Å². The van der Waals surface area contributed by atoms with Crippen LogP contribution in [0.5, 0.6) is 5.75 Å². The SMILES string of the molecule is CCc1cc(OCc2ccc(-c3ccccc3-c3nnn(C(c4ccccc4)(c4ccccc4)c4ccccc4)n3)cc2)c2c(n1)CCOC2.